The Hall–Kier alpha value is -3.03. The highest BCUT2D eigenvalue weighted by Crippen LogP contribution is 2.29. The second-order valence-electron chi connectivity index (χ2n) is 4.68. The maximum Gasteiger partial charge on any atom is 0.796 e. The molecule has 2 aromatic carbocycles. The molecule has 2 rings (SSSR count). The number of carbonyl (C=O) groups is 1. The first-order valence-electron chi connectivity index (χ1n) is 6.78. The lowest BCUT2D eigenvalue weighted by molar-refractivity contribution is 0.104. The Labute approximate surface area is 137 Å². The summed E-state index contributed by atoms with van der Waals surface area (Å²) >= 11 is 0. The van der Waals surface area contributed by atoms with Gasteiger partial charge in [-0.1, -0.05) is 0 Å². The Morgan fingerprint density at radius 2 is 1.67 bits per heavy atom. The number of benzene rings is 2. The number of hydrogen-bond acceptors (Lipinski definition) is 5. The molecule has 5 nitrogen and oxygen atoms in total. The molecule has 0 saturated carbocycles. The Morgan fingerprint density at radius 3 is 2.21 bits per heavy atom. The average Bonchev–Trinajstić information content (AvgIpc) is 2.56. The molecule has 0 heterocycles. The lowest BCUT2D eigenvalue weighted by Crippen LogP contribution is -2.06. The zero-order valence-corrected chi connectivity index (χ0v) is 12.6. The first-order chi connectivity index (χ1) is 11.4. The first kappa shape index (κ1) is 17.3. The second kappa shape index (κ2) is 7.50. The molecule has 8 heteroatoms. The summed E-state index contributed by atoms with van der Waals surface area (Å²) in [5.74, 6) is -1.39. The second-order valence-corrected chi connectivity index (χ2v) is 4.68. The number of halogens is 2. The van der Waals surface area contributed by atoms with Crippen molar-refractivity contribution >= 4 is 19.0 Å². The number of ether oxygens (including phenoxy) is 1. The van der Waals surface area contributed by atoms with E-state index in [1.54, 1.807) is 12.1 Å². The van der Waals surface area contributed by atoms with Gasteiger partial charge in [0.15, 0.2) is 17.3 Å². The van der Waals surface area contributed by atoms with Crippen LogP contribution in [0.15, 0.2) is 48.5 Å². The Bertz CT molecular complexity index is 760. The standard InChI is InChI=1S/C16H13BF2O5/c1-23-12-5-2-10(3-6-12)14(21)9-16(24-17(18)19)11-4-7-13(20)15(22)8-11/h2-9,20,22H,1H3/b16-9-. The number of rotatable bonds is 6. The number of phenols is 2. The van der Waals surface area contributed by atoms with Crippen LogP contribution in [-0.4, -0.2) is 30.6 Å². The summed E-state index contributed by atoms with van der Waals surface area (Å²) in [6.45, 7) is 0. The number of aromatic hydroxyl groups is 2. The topological polar surface area (TPSA) is 76.0 Å². The van der Waals surface area contributed by atoms with Gasteiger partial charge in [-0.2, -0.15) is 0 Å². The van der Waals surface area contributed by atoms with Crippen molar-refractivity contribution in [2.45, 2.75) is 0 Å². The summed E-state index contributed by atoms with van der Waals surface area (Å²) in [7, 11) is -1.68. The van der Waals surface area contributed by atoms with Gasteiger partial charge in [-0.3, -0.25) is 4.79 Å². The van der Waals surface area contributed by atoms with Crippen LogP contribution in [0.1, 0.15) is 15.9 Å². The quantitative estimate of drug-likeness (QED) is 0.279. The zero-order chi connectivity index (χ0) is 17.7. The predicted octanol–water partition coefficient (Wildman–Crippen LogP) is 3.27. The summed E-state index contributed by atoms with van der Waals surface area (Å²) in [5, 5.41) is 18.8. The fraction of sp³-hybridized carbons (Fsp3) is 0.0625. The lowest BCUT2D eigenvalue weighted by Gasteiger charge is -2.10. The van der Waals surface area contributed by atoms with Crippen molar-refractivity contribution in [3.05, 3.63) is 59.7 Å². The third-order valence-corrected chi connectivity index (χ3v) is 3.11. The molecule has 0 spiro atoms. The molecule has 0 aliphatic carbocycles. The van der Waals surface area contributed by atoms with Crippen molar-refractivity contribution in [2.24, 2.45) is 0 Å². The molecule has 0 bridgehead atoms. The molecular weight excluding hydrogens is 321 g/mol. The van der Waals surface area contributed by atoms with Crippen LogP contribution < -0.4 is 4.74 Å². The third-order valence-electron chi connectivity index (χ3n) is 3.11. The fourth-order valence-corrected chi connectivity index (χ4v) is 1.92. The van der Waals surface area contributed by atoms with E-state index in [0.29, 0.717) is 5.75 Å². The summed E-state index contributed by atoms with van der Waals surface area (Å²) in [6, 6.07) is 9.43. The number of carbonyl (C=O) groups excluding carboxylic acids is 1. The Balaban J connectivity index is 2.36. The number of allylic oxidation sites excluding steroid dienone is 1. The Morgan fingerprint density at radius 1 is 1.04 bits per heavy atom. The van der Waals surface area contributed by atoms with Crippen LogP contribution in [0.25, 0.3) is 5.76 Å². The molecule has 2 N–H and O–H groups in total. The van der Waals surface area contributed by atoms with Gasteiger partial charge in [-0.25, -0.2) is 8.63 Å². The van der Waals surface area contributed by atoms with E-state index >= 15 is 0 Å². The van der Waals surface area contributed by atoms with Gasteiger partial charge < -0.3 is 19.6 Å². The SMILES string of the molecule is COc1ccc(C(=O)/C=C(\OB(F)F)c2ccc(O)c(O)c2)cc1. The number of hydrogen-bond donors (Lipinski definition) is 2. The van der Waals surface area contributed by atoms with Crippen LogP contribution in [0.3, 0.4) is 0 Å². The highest BCUT2D eigenvalue weighted by Gasteiger charge is 2.22. The van der Waals surface area contributed by atoms with Crippen molar-refractivity contribution < 1.29 is 33.0 Å². The van der Waals surface area contributed by atoms with Gasteiger partial charge in [0, 0.05) is 17.2 Å². The normalized spacial score (nSPS) is 11.0. The molecule has 0 fully saturated rings. The van der Waals surface area contributed by atoms with E-state index in [1.165, 1.54) is 25.3 Å². The van der Waals surface area contributed by atoms with E-state index in [1.807, 2.05) is 0 Å². The van der Waals surface area contributed by atoms with E-state index in [9.17, 15) is 23.6 Å². The van der Waals surface area contributed by atoms with Crippen molar-refractivity contribution in [1.29, 1.82) is 0 Å². The fourth-order valence-electron chi connectivity index (χ4n) is 1.92. The van der Waals surface area contributed by atoms with E-state index in [-0.39, 0.29) is 11.1 Å². The van der Waals surface area contributed by atoms with Gasteiger partial charge in [0.05, 0.1) is 7.11 Å². The minimum absolute atomic E-state index is 0.0208. The molecule has 0 amide bonds. The third kappa shape index (κ3) is 4.25. The maximum atomic E-state index is 12.6. The van der Waals surface area contributed by atoms with Crippen molar-refractivity contribution in [1.82, 2.24) is 0 Å². The molecule has 0 aliphatic rings. The van der Waals surface area contributed by atoms with Gasteiger partial charge in [-0.15, -0.1) is 0 Å². The predicted molar refractivity (Wildman–Crippen MR) is 84.1 cm³/mol. The van der Waals surface area contributed by atoms with Gasteiger partial charge in [0.2, 0.25) is 0 Å². The van der Waals surface area contributed by atoms with E-state index in [0.717, 1.165) is 18.2 Å². The van der Waals surface area contributed by atoms with Crippen molar-refractivity contribution in [3.8, 4) is 17.2 Å². The van der Waals surface area contributed by atoms with E-state index in [4.69, 9.17) is 4.74 Å². The van der Waals surface area contributed by atoms with Gasteiger partial charge in [-0.05, 0) is 42.5 Å². The summed E-state index contributed by atoms with van der Waals surface area (Å²) in [5.41, 5.74) is 0.265. The van der Waals surface area contributed by atoms with Crippen LogP contribution in [0.5, 0.6) is 17.2 Å². The van der Waals surface area contributed by atoms with Gasteiger partial charge in [0.25, 0.3) is 0 Å². The van der Waals surface area contributed by atoms with Crippen LogP contribution in [0.2, 0.25) is 0 Å². The molecule has 0 aromatic heterocycles. The highest BCUT2D eigenvalue weighted by atomic mass is 19.2. The van der Waals surface area contributed by atoms with E-state index in [2.05, 4.69) is 4.65 Å². The van der Waals surface area contributed by atoms with Crippen molar-refractivity contribution in [3.63, 3.8) is 0 Å². The van der Waals surface area contributed by atoms with Crippen LogP contribution >= 0.6 is 0 Å². The number of ketones is 1. The minimum Gasteiger partial charge on any atom is -0.505 e. The number of methoxy groups -OCH3 is 1. The monoisotopic (exact) mass is 334 g/mol. The first-order valence-corrected chi connectivity index (χ1v) is 6.78. The highest BCUT2D eigenvalue weighted by molar-refractivity contribution is 6.36. The average molecular weight is 334 g/mol. The smallest absolute Gasteiger partial charge is 0.505 e. The molecule has 0 aliphatic heterocycles. The summed E-state index contributed by atoms with van der Waals surface area (Å²) < 4.78 is 34.5. The molecular formula is C16H13BF2O5. The summed E-state index contributed by atoms with van der Waals surface area (Å²) in [4.78, 5) is 12.2. The number of phenolic OH excluding ortho intramolecular Hbond substituents is 2. The molecule has 0 atom stereocenters. The van der Waals surface area contributed by atoms with Crippen LogP contribution in [0, 0.1) is 0 Å². The largest absolute Gasteiger partial charge is 0.796 e. The zero-order valence-electron chi connectivity index (χ0n) is 12.6. The van der Waals surface area contributed by atoms with Gasteiger partial charge >= 0.3 is 7.47 Å². The molecule has 0 saturated heterocycles. The van der Waals surface area contributed by atoms with E-state index < -0.39 is 30.5 Å². The van der Waals surface area contributed by atoms with Crippen molar-refractivity contribution in [2.75, 3.05) is 7.11 Å². The van der Waals surface area contributed by atoms with Crippen LogP contribution in [-0.2, 0) is 4.65 Å². The molecule has 2 aromatic rings. The molecule has 0 radical (unpaired) electrons. The van der Waals surface area contributed by atoms with Crippen LogP contribution in [0.4, 0.5) is 8.63 Å². The summed E-state index contributed by atoms with van der Waals surface area (Å²) in [6.07, 6.45) is 0.889. The minimum atomic E-state index is -3.16. The lowest BCUT2D eigenvalue weighted by atomic mass is 10.1. The molecule has 24 heavy (non-hydrogen) atoms. The maximum absolute atomic E-state index is 12.6. The molecule has 124 valence electrons. The van der Waals surface area contributed by atoms with Gasteiger partial charge in [0.1, 0.15) is 11.5 Å². The Kier molecular flexibility index (Phi) is 5.41. The molecule has 0 unspecified atom stereocenters.